The van der Waals surface area contributed by atoms with Crippen molar-refractivity contribution in [2.45, 2.75) is 46.1 Å². The van der Waals surface area contributed by atoms with Gasteiger partial charge in [-0.05, 0) is 55.5 Å². The van der Waals surface area contributed by atoms with Crippen LogP contribution in [0.5, 0.6) is 0 Å². The Balaban J connectivity index is 1.84. The smallest absolute Gasteiger partial charge is 0.224 e. The fourth-order valence-corrected chi connectivity index (χ4v) is 3.26. The highest BCUT2D eigenvalue weighted by atomic mass is 19.1. The van der Waals surface area contributed by atoms with E-state index in [0.717, 1.165) is 24.6 Å². The second kappa shape index (κ2) is 8.44. The lowest BCUT2D eigenvalue weighted by atomic mass is 9.94. The third-order valence-electron chi connectivity index (χ3n) is 4.82. The maximum atomic E-state index is 13.2. The van der Waals surface area contributed by atoms with Gasteiger partial charge >= 0.3 is 0 Å². The molecule has 1 aromatic rings. The average Bonchev–Trinajstić information content (AvgIpc) is 2.49. The minimum absolute atomic E-state index is 0.0355. The predicted octanol–water partition coefficient (Wildman–Crippen LogP) is 3.24. The first-order chi connectivity index (χ1) is 11.0. The van der Waals surface area contributed by atoms with Crippen molar-refractivity contribution in [2.24, 2.45) is 11.8 Å². The Morgan fingerprint density at radius 2 is 2.04 bits per heavy atom. The maximum Gasteiger partial charge on any atom is 0.224 e. The molecule has 0 bridgehead atoms. The largest absolute Gasteiger partial charge is 0.354 e. The molecular formula is C19H29FN2O. The normalized spacial score (nSPS) is 18.1. The number of carbonyl (C=O) groups excluding carboxylic acids is 1. The highest BCUT2D eigenvalue weighted by Gasteiger charge is 2.25. The quantitative estimate of drug-likeness (QED) is 0.873. The van der Waals surface area contributed by atoms with E-state index in [-0.39, 0.29) is 18.1 Å². The fourth-order valence-electron chi connectivity index (χ4n) is 3.26. The number of benzene rings is 1. The number of halogens is 1. The summed E-state index contributed by atoms with van der Waals surface area (Å²) >= 11 is 0. The number of likely N-dealkylation sites (tertiary alicyclic amines) is 1. The summed E-state index contributed by atoms with van der Waals surface area (Å²) in [5.74, 6) is 0.976. The van der Waals surface area contributed by atoms with Gasteiger partial charge in [0, 0.05) is 12.6 Å². The van der Waals surface area contributed by atoms with Gasteiger partial charge in [-0.15, -0.1) is 0 Å². The predicted molar refractivity (Wildman–Crippen MR) is 91.7 cm³/mol. The minimum Gasteiger partial charge on any atom is -0.354 e. The Bertz CT molecular complexity index is 510. The zero-order valence-electron chi connectivity index (χ0n) is 14.5. The van der Waals surface area contributed by atoms with Crippen LogP contribution in [0.3, 0.4) is 0 Å². The molecule has 2 rings (SSSR count). The zero-order chi connectivity index (χ0) is 16.8. The highest BCUT2D eigenvalue weighted by molar-refractivity contribution is 5.78. The first-order valence-corrected chi connectivity index (χ1v) is 8.71. The van der Waals surface area contributed by atoms with Gasteiger partial charge in [-0.2, -0.15) is 0 Å². The molecule has 1 N–H and O–H groups in total. The molecule has 0 aromatic heterocycles. The molecule has 0 radical (unpaired) electrons. The van der Waals surface area contributed by atoms with Crippen LogP contribution in [0.4, 0.5) is 4.39 Å². The van der Waals surface area contributed by atoms with Crippen molar-refractivity contribution in [1.29, 1.82) is 0 Å². The van der Waals surface area contributed by atoms with Crippen molar-refractivity contribution in [3.8, 4) is 0 Å². The van der Waals surface area contributed by atoms with Crippen LogP contribution in [0.15, 0.2) is 24.3 Å². The van der Waals surface area contributed by atoms with E-state index < -0.39 is 0 Å². The minimum atomic E-state index is -0.294. The van der Waals surface area contributed by atoms with E-state index in [4.69, 9.17) is 0 Å². The molecule has 3 nitrogen and oxygen atoms in total. The zero-order valence-corrected chi connectivity index (χ0v) is 14.5. The average molecular weight is 320 g/mol. The van der Waals surface area contributed by atoms with Gasteiger partial charge in [0.15, 0.2) is 0 Å². The molecular weight excluding hydrogens is 291 g/mol. The van der Waals surface area contributed by atoms with Crippen molar-refractivity contribution < 1.29 is 9.18 Å². The Hall–Kier alpha value is -1.42. The molecule has 1 heterocycles. The monoisotopic (exact) mass is 320 g/mol. The van der Waals surface area contributed by atoms with Gasteiger partial charge in [-0.25, -0.2) is 4.39 Å². The number of hydrogen-bond acceptors (Lipinski definition) is 2. The van der Waals surface area contributed by atoms with Crippen molar-refractivity contribution in [2.75, 3.05) is 19.6 Å². The molecule has 0 spiro atoms. The van der Waals surface area contributed by atoms with Crippen LogP contribution in [0.25, 0.3) is 0 Å². The van der Waals surface area contributed by atoms with Gasteiger partial charge in [-0.3, -0.25) is 9.69 Å². The van der Waals surface area contributed by atoms with Crippen molar-refractivity contribution in [3.63, 3.8) is 0 Å². The summed E-state index contributed by atoms with van der Waals surface area (Å²) in [5.41, 5.74) is 0.718. The topological polar surface area (TPSA) is 32.3 Å². The molecule has 0 saturated carbocycles. The third kappa shape index (κ3) is 5.61. The van der Waals surface area contributed by atoms with Crippen LogP contribution in [-0.4, -0.2) is 36.5 Å². The van der Waals surface area contributed by atoms with Crippen molar-refractivity contribution in [3.05, 3.63) is 35.6 Å². The van der Waals surface area contributed by atoms with Gasteiger partial charge in [-0.1, -0.05) is 32.9 Å². The van der Waals surface area contributed by atoms with Crippen LogP contribution >= 0.6 is 0 Å². The van der Waals surface area contributed by atoms with Gasteiger partial charge in [0.2, 0.25) is 5.91 Å². The molecule has 1 amide bonds. The van der Waals surface area contributed by atoms with Crippen LogP contribution in [0, 0.1) is 17.7 Å². The molecule has 1 atom stereocenters. The van der Waals surface area contributed by atoms with Crippen molar-refractivity contribution in [1.82, 2.24) is 10.2 Å². The molecule has 1 saturated heterocycles. The Morgan fingerprint density at radius 1 is 1.35 bits per heavy atom. The molecule has 1 aliphatic heterocycles. The highest BCUT2D eigenvalue weighted by Crippen LogP contribution is 2.21. The van der Waals surface area contributed by atoms with Gasteiger partial charge in [0.1, 0.15) is 5.82 Å². The van der Waals surface area contributed by atoms with Crippen LogP contribution in [-0.2, 0) is 11.2 Å². The molecule has 4 heteroatoms. The van der Waals surface area contributed by atoms with E-state index >= 15 is 0 Å². The summed E-state index contributed by atoms with van der Waals surface area (Å²) in [6.07, 6.45) is 2.71. The lowest BCUT2D eigenvalue weighted by molar-refractivity contribution is -0.120. The standard InChI is InChI=1S/C19H29FN2O/c1-14(2)18(22-9-7-15(3)8-10-22)13-21-19(23)12-16-5-4-6-17(20)11-16/h4-6,11,14-15,18H,7-10,12-13H2,1-3H3,(H,21,23)/t18-/m1/s1. The number of piperidine rings is 1. The molecule has 1 aliphatic rings. The van der Waals surface area contributed by atoms with Gasteiger partial charge < -0.3 is 5.32 Å². The maximum absolute atomic E-state index is 13.2. The number of hydrogen-bond donors (Lipinski definition) is 1. The molecule has 1 aromatic carbocycles. The molecule has 128 valence electrons. The summed E-state index contributed by atoms with van der Waals surface area (Å²) in [6, 6.07) is 6.62. The Morgan fingerprint density at radius 3 is 2.65 bits per heavy atom. The molecule has 1 fully saturated rings. The SMILES string of the molecule is CC1CCN([C@H](CNC(=O)Cc2cccc(F)c2)C(C)C)CC1. The summed E-state index contributed by atoms with van der Waals surface area (Å²) in [5, 5.41) is 3.04. The number of amides is 1. The van der Waals surface area contributed by atoms with E-state index in [1.165, 1.54) is 25.0 Å². The number of rotatable bonds is 6. The summed E-state index contributed by atoms with van der Waals surface area (Å²) in [7, 11) is 0. The lowest BCUT2D eigenvalue weighted by Crippen LogP contribution is -2.49. The number of carbonyl (C=O) groups is 1. The summed E-state index contributed by atoms with van der Waals surface area (Å²) in [6.45, 7) is 9.62. The second-order valence-electron chi connectivity index (χ2n) is 7.14. The van der Waals surface area contributed by atoms with E-state index in [0.29, 0.717) is 18.5 Å². The number of nitrogens with zero attached hydrogens (tertiary/aromatic N) is 1. The summed E-state index contributed by atoms with van der Waals surface area (Å²) < 4.78 is 13.2. The van der Waals surface area contributed by atoms with Crippen LogP contribution < -0.4 is 5.32 Å². The van der Waals surface area contributed by atoms with E-state index in [2.05, 4.69) is 31.0 Å². The van der Waals surface area contributed by atoms with Crippen molar-refractivity contribution >= 4 is 5.91 Å². The third-order valence-corrected chi connectivity index (χ3v) is 4.82. The molecule has 0 aliphatic carbocycles. The number of nitrogens with one attached hydrogen (secondary N) is 1. The first kappa shape index (κ1) is 17.9. The Kier molecular flexibility index (Phi) is 6.58. The van der Waals surface area contributed by atoms with E-state index in [1.807, 2.05) is 0 Å². The van der Waals surface area contributed by atoms with E-state index in [9.17, 15) is 9.18 Å². The fraction of sp³-hybridized carbons (Fsp3) is 0.632. The van der Waals surface area contributed by atoms with Gasteiger partial charge in [0.25, 0.3) is 0 Å². The lowest BCUT2D eigenvalue weighted by Gasteiger charge is -2.38. The van der Waals surface area contributed by atoms with E-state index in [1.54, 1.807) is 12.1 Å². The summed E-state index contributed by atoms with van der Waals surface area (Å²) in [4.78, 5) is 14.6. The molecule has 0 unspecified atom stereocenters. The molecule has 23 heavy (non-hydrogen) atoms. The van der Waals surface area contributed by atoms with Gasteiger partial charge in [0.05, 0.1) is 6.42 Å². The van der Waals surface area contributed by atoms with Crippen LogP contribution in [0.1, 0.15) is 39.2 Å². The second-order valence-corrected chi connectivity index (χ2v) is 7.14. The van der Waals surface area contributed by atoms with Crippen LogP contribution in [0.2, 0.25) is 0 Å². The Labute approximate surface area is 139 Å². The first-order valence-electron chi connectivity index (χ1n) is 8.71.